The Bertz CT molecular complexity index is 1620. The van der Waals surface area contributed by atoms with Crippen molar-refractivity contribution in [2.75, 3.05) is 29.9 Å². The molecule has 11 heteroatoms. The van der Waals surface area contributed by atoms with Crippen molar-refractivity contribution in [2.24, 2.45) is 29.6 Å². The SMILES string of the molecule is CCN(CC)c1ccc([C@H]2c3sc(=O)[nH]c3SC3C4CC(C5C(=O)N(CC(=O)Nc6ccc(F)cc6)C(=O)C45)C32)cc1. The average molecular weight is 607 g/mol. The third kappa shape index (κ3) is 4.23. The predicted octanol–water partition coefficient (Wildman–Crippen LogP) is 4.53. The Labute approximate surface area is 250 Å². The number of thiazole rings is 1. The third-order valence-electron chi connectivity index (χ3n) is 9.63. The van der Waals surface area contributed by atoms with Crippen LogP contribution in [0.1, 0.15) is 36.6 Å². The number of benzene rings is 2. The lowest BCUT2D eigenvalue weighted by Gasteiger charge is -2.43. The number of imide groups is 1. The zero-order chi connectivity index (χ0) is 29.3. The van der Waals surface area contributed by atoms with Crippen LogP contribution in [0.3, 0.4) is 0 Å². The Morgan fingerprint density at radius 3 is 2.33 bits per heavy atom. The fraction of sp³-hybridized carbons (Fsp3) is 0.419. The van der Waals surface area contributed by atoms with Gasteiger partial charge in [-0.25, -0.2) is 4.39 Å². The summed E-state index contributed by atoms with van der Waals surface area (Å²) in [4.78, 5) is 60.1. The minimum atomic E-state index is -0.492. The van der Waals surface area contributed by atoms with Crippen molar-refractivity contribution in [2.45, 2.75) is 36.5 Å². The molecule has 2 bridgehead atoms. The molecule has 2 saturated carbocycles. The molecule has 3 heterocycles. The largest absolute Gasteiger partial charge is 0.372 e. The van der Waals surface area contributed by atoms with Gasteiger partial charge in [-0.05, 0) is 80.0 Å². The molecule has 2 N–H and O–H groups in total. The summed E-state index contributed by atoms with van der Waals surface area (Å²) in [5.74, 6) is -2.35. The molecular formula is C31H31FN4O4S2. The van der Waals surface area contributed by atoms with Crippen LogP contribution in [-0.4, -0.2) is 52.5 Å². The maximum Gasteiger partial charge on any atom is 0.305 e. The van der Waals surface area contributed by atoms with Crippen molar-refractivity contribution in [3.05, 3.63) is 74.5 Å². The van der Waals surface area contributed by atoms with E-state index < -0.39 is 23.6 Å². The van der Waals surface area contributed by atoms with E-state index in [2.05, 4.69) is 53.3 Å². The number of rotatable bonds is 7. The van der Waals surface area contributed by atoms with E-state index in [1.54, 1.807) is 11.8 Å². The highest BCUT2D eigenvalue weighted by atomic mass is 32.2. The van der Waals surface area contributed by atoms with Gasteiger partial charge in [-0.15, -0.1) is 11.8 Å². The van der Waals surface area contributed by atoms with E-state index in [4.69, 9.17) is 0 Å². The van der Waals surface area contributed by atoms with Gasteiger partial charge in [-0.2, -0.15) is 0 Å². The smallest absolute Gasteiger partial charge is 0.305 e. The van der Waals surface area contributed by atoms with E-state index in [0.717, 1.165) is 45.6 Å². The number of hydrogen-bond donors (Lipinski definition) is 2. The Morgan fingerprint density at radius 1 is 1.00 bits per heavy atom. The molecule has 8 nitrogen and oxygen atoms in total. The Morgan fingerprint density at radius 2 is 1.67 bits per heavy atom. The molecule has 2 aromatic carbocycles. The summed E-state index contributed by atoms with van der Waals surface area (Å²) < 4.78 is 13.3. The highest BCUT2D eigenvalue weighted by molar-refractivity contribution is 8.00. The third-order valence-corrected chi connectivity index (χ3v) is 12.2. The molecule has 218 valence electrons. The van der Waals surface area contributed by atoms with Gasteiger partial charge in [-0.1, -0.05) is 23.5 Å². The van der Waals surface area contributed by atoms with Gasteiger partial charge in [0.25, 0.3) is 0 Å². The average Bonchev–Trinajstić information content (AvgIpc) is 3.71. The van der Waals surface area contributed by atoms with Crippen LogP contribution in [0.5, 0.6) is 0 Å². The van der Waals surface area contributed by atoms with Crippen molar-refractivity contribution in [1.29, 1.82) is 0 Å². The summed E-state index contributed by atoms with van der Waals surface area (Å²) in [6.07, 6.45) is 0.790. The van der Waals surface area contributed by atoms with Crippen molar-refractivity contribution >= 4 is 52.2 Å². The summed E-state index contributed by atoms with van der Waals surface area (Å²) in [6, 6.07) is 13.9. The number of fused-ring (bicyclic) bond motifs is 9. The summed E-state index contributed by atoms with van der Waals surface area (Å²) >= 11 is 2.90. The number of halogens is 1. The number of carbonyl (C=O) groups is 3. The molecule has 0 spiro atoms. The zero-order valence-corrected chi connectivity index (χ0v) is 24.8. The van der Waals surface area contributed by atoms with Crippen LogP contribution in [0.15, 0.2) is 58.4 Å². The summed E-state index contributed by atoms with van der Waals surface area (Å²) in [6.45, 7) is 5.72. The number of nitrogens with one attached hydrogen (secondary N) is 2. The maximum atomic E-state index is 13.8. The second-order valence-corrected chi connectivity index (χ2v) is 13.7. The van der Waals surface area contributed by atoms with E-state index in [-0.39, 0.29) is 52.2 Å². The van der Waals surface area contributed by atoms with Gasteiger partial charge < -0.3 is 15.2 Å². The van der Waals surface area contributed by atoms with Crippen LogP contribution < -0.4 is 15.1 Å². The topological polar surface area (TPSA) is 103 Å². The molecule has 2 aliphatic carbocycles. The normalized spacial score (nSPS) is 28.9. The van der Waals surface area contributed by atoms with E-state index in [0.29, 0.717) is 5.69 Å². The number of nitrogens with zero attached hydrogens (tertiary/aromatic N) is 2. The van der Waals surface area contributed by atoms with Crippen molar-refractivity contribution in [1.82, 2.24) is 9.88 Å². The molecule has 6 unspecified atom stereocenters. The van der Waals surface area contributed by atoms with Crippen LogP contribution in [0.25, 0.3) is 0 Å². The van der Waals surface area contributed by atoms with E-state index in [9.17, 15) is 23.6 Å². The number of hydrogen-bond acceptors (Lipinski definition) is 7. The van der Waals surface area contributed by atoms with Gasteiger partial charge in [0.2, 0.25) is 17.7 Å². The van der Waals surface area contributed by atoms with Crippen LogP contribution in [-0.2, 0) is 14.4 Å². The minimum Gasteiger partial charge on any atom is -0.372 e. The maximum absolute atomic E-state index is 13.8. The molecule has 3 fully saturated rings. The summed E-state index contributed by atoms with van der Waals surface area (Å²) in [5.41, 5.74) is 2.67. The second kappa shape index (κ2) is 10.4. The van der Waals surface area contributed by atoms with Crippen LogP contribution in [0.4, 0.5) is 15.8 Å². The number of amides is 3. The molecule has 4 aliphatic rings. The lowest BCUT2D eigenvalue weighted by Crippen LogP contribution is -2.42. The molecule has 3 aromatic rings. The first kappa shape index (κ1) is 27.4. The molecule has 2 aliphatic heterocycles. The molecule has 3 amide bonds. The first-order valence-corrected chi connectivity index (χ1v) is 16.1. The molecule has 42 heavy (non-hydrogen) atoms. The molecule has 1 aromatic heterocycles. The van der Waals surface area contributed by atoms with Crippen LogP contribution in [0, 0.1) is 35.4 Å². The molecular weight excluding hydrogens is 575 g/mol. The number of H-pyrrole nitrogens is 1. The van der Waals surface area contributed by atoms with Crippen molar-refractivity contribution in [3.63, 3.8) is 0 Å². The van der Waals surface area contributed by atoms with Gasteiger partial charge in [0.05, 0.1) is 16.9 Å². The van der Waals surface area contributed by atoms with Gasteiger partial charge in [0.15, 0.2) is 0 Å². The van der Waals surface area contributed by atoms with Crippen LogP contribution in [0.2, 0.25) is 0 Å². The second-order valence-electron chi connectivity index (χ2n) is 11.5. The molecule has 7 atom stereocenters. The molecule has 0 radical (unpaired) electrons. The lowest BCUT2D eigenvalue weighted by atomic mass is 9.68. The van der Waals surface area contributed by atoms with Crippen molar-refractivity contribution < 1.29 is 18.8 Å². The number of likely N-dealkylation sites (tertiary alicyclic amines) is 1. The fourth-order valence-electron chi connectivity index (χ4n) is 7.97. The summed E-state index contributed by atoms with van der Waals surface area (Å²) in [7, 11) is 0. The number of carbonyl (C=O) groups excluding carboxylic acids is 3. The number of thioether (sulfide) groups is 1. The first-order valence-electron chi connectivity index (χ1n) is 14.4. The van der Waals surface area contributed by atoms with Gasteiger partial charge in [0, 0.05) is 40.5 Å². The summed E-state index contributed by atoms with van der Waals surface area (Å²) in [5, 5.41) is 3.63. The van der Waals surface area contributed by atoms with E-state index in [1.807, 2.05) is 0 Å². The van der Waals surface area contributed by atoms with Gasteiger partial charge in [0.1, 0.15) is 12.4 Å². The van der Waals surface area contributed by atoms with E-state index >= 15 is 0 Å². The van der Waals surface area contributed by atoms with Crippen LogP contribution >= 0.6 is 23.1 Å². The van der Waals surface area contributed by atoms with Gasteiger partial charge >= 0.3 is 4.87 Å². The predicted molar refractivity (Wildman–Crippen MR) is 160 cm³/mol. The highest BCUT2D eigenvalue weighted by Crippen LogP contribution is 2.68. The van der Waals surface area contributed by atoms with Gasteiger partial charge in [-0.3, -0.25) is 24.1 Å². The van der Waals surface area contributed by atoms with E-state index in [1.165, 1.54) is 35.6 Å². The number of aromatic nitrogens is 1. The quantitative estimate of drug-likeness (QED) is 0.383. The Hall–Kier alpha value is -3.44. The molecule has 7 rings (SSSR count). The molecule has 1 saturated heterocycles. The monoisotopic (exact) mass is 606 g/mol. The zero-order valence-electron chi connectivity index (χ0n) is 23.2. The Kier molecular flexibility index (Phi) is 6.77. The Balaban J connectivity index is 1.18. The lowest BCUT2D eigenvalue weighted by molar-refractivity contribution is -0.143. The highest BCUT2D eigenvalue weighted by Gasteiger charge is 2.69. The fourth-order valence-corrected chi connectivity index (χ4v) is 10.9. The van der Waals surface area contributed by atoms with Crippen molar-refractivity contribution in [3.8, 4) is 0 Å². The number of anilines is 2. The standard InChI is InChI=1S/C31H31FN4O4S2/c1-3-35(4-2)18-11-5-15(6-12-18)22-23-19-13-20(26(23)41-28-27(22)42-31(40)34-28)25-24(19)29(38)36(30(25)39)14-21(37)33-17-9-7-16(32)8-10-17/h5-12,19-20,22-26H,3-4,13-14H2,1-2H3,(H,33,37)(H,34,40)/t19?,20?,22-,23?,24?,25?,26?/m1/s1. The minimum absolute atomic E-state index is 0.00870. The number of aromatic amines is 1. The first-order chi connectivity index (χ1) is 20.3.